The summed E-state index contributed by atoms with van der Waals surface area (Å²) in [6.07, 6.45) is 5.21. The van der Waals surface area contributed by atoms with E-state index in [0.29, 0.717) is 16.6 Å². The Morgan fingerprint density at radius 2 is 1.92 bits per heavy atom. The molecule has 0 aliphatic heterocycles. The van der Waals surface area contributed by atoms with Crippen molar-refractivity contribution >= 4 is 23.5 Å². The number of benzene rings is 1. The summed E-state index contributed by atoms with van der Waals surface area (Å²) in [7, 11) is 1.78. The van der Waals surface area contributed by atoms with Crippen molar-refractivity contribution in [2.75, 3.05) is 5.32 Å². The van der Waals surface area contributed by atoms with E-state index >= 15 is 0 Å². The van der Waals surface area contributed by atoms with Crippen molar-refractivity contribution in [1.82, 2.24) is 20.0 Å². The summed E-state index contributed by atoms with van der Waals surface area (Å²) in [6.45, 7) is 0. The Kier molecular flexibility index (Phi) is 4.24. The topological polar surface area (TPSA) is 85.8 Å². The van der Waals surface area contributed by atoms with Gasteiger partial charge in [-0.25, -0.2) is 0 Å². The minimum atomic E-state index is -0.592. The Balaban J connectivity index is 1.59. The molecule has 1 fully saturated rings. The molecule has 26 heavy (non-hydrogen) atoms. The summed E-state index contributed by atoms with van der Waals surface area (Å²) in [4.78, 5) is 13.1. The largest absolute Gasteiger partial charge is 0.401 e. The minimum Gasteiger partial charge on any atom is -0.401 e. The van der Waals surface area contributed by atoms with Crippen LogP contribution in [0.1, 0.15) is 31.2 Å². The van der Waals surface area contributed by atoms with Crippen molar-refractivity contribution in [3.8, 4) is 11.6 Å². The Morgan fingerprint density at radius 1 is 1.19 bits per heavy atom. The third-order valence-corrected chi connectivity index (χ3v) is 5.23. The molecule has 2 aromatic heterocycles. The monoisotopic (exact) mass is 371 g/mol. The van der Waals surface area contributed by atoms with Crippen LogP contribution in [0.5, 0.6) is 0 Å². The Morgan fingerprint density at radius 3 is 2.58 bits per heavy atom. The second kappa shape index (κ2) is 6.57. The molecule has 1 saturated carbocycles. The molecule has 0 unspecified atom stereocenters. The third-order valence-electron chi connectivity index (χ3n) is 4.97. The average molecular weight is 372 g/mol. The predicted octanol–water partition coefficient (Wildman–Crippen LogP) is 3.57. The fraction of sp³-hybridized carbons (Fsp3) is 0.333. The number of nitrogens with zero attached hydrogens (tertiary/aromatic N) is 4. The van der Waals surface area contributed by atoms with Gasteiger partial charge in [-0.05, 0) is 36.6 Å². The second-order valence-corrected chi connectivity index (χ2v) is 6.94. The van der Waals surface area contributed by atoms with Crippen LogP contribution in [0.4, 0.5) is 6.01 Å². The predicted molar refractivity (Wildman–Crippen MR) is 96.7 cm³/mol. The quantitative estimate of drug-likeness (QED) is 0.757. The molecule has 1 aromatic carbocycles. The van der Waals surface area contributed by atoms with E-state index in [4.69, 9.17) is 16.0 Å². The van der Waals surface area contributed by atoms with Gasteiger partial charge in [-0.3, -0.25) is 14.8 Å². The zero-order valence-corrected chi connectivity index (χ0v) is 15.0. The summed E-state index contributed by atoms with van der Waals surface area (Å²) in [6, 6.07) is 9.33. The molecule has 0 spiro atoms. The van der Waals surface area contributed by atoms with Crippen LogP contribution in [0.25, 0.3) is 11.6 Å². The van der Waals surface area contributed by atoms with Crippen molar-refractivity contribution < 1.29 is 9.21 Å². The standard InChI is InChI=1S/C18H18ClN5O2/c1-24-14(8-11-20-24)15-22-23-17(26-15)21-16(25)18(9-2-3-10-18)12-4-6-13(19)7-5-12/h4-8,11H,2-3,9-10H2,1H3,(H,21,23,25). The summed E-state index contributed by atoms with van der Waals surface area (Å²) in [5.41, 5.74) is 1.06. The highest BCUT2D eigenvalue weighted by atomic mass is 35.5. The molecule has 0 saturated heterocycles. The summed E-state index contributed by atoms with van der Waals surface area (Å²) in [5.74, 6) is 0.185. The maximum absolute atomic E-state index is 13.1. The molecule has 0 bridgehead atoms. The molecular formula is C18H18ClN5O2. The van der Waals surface area contributed by atoms with E-state index in [0.717, 1.165) is 31.2 Å². The van der Waals surface area contributed by atoms with Crippen LogP contribution in [0, 0.1) is 0 Å². The van der Waals surface area contributed by atoms with Gasteiger partial charge in [0.05, 0.1) is 5.41 Å². The van der Waals surface area contributed by atoms with Crippen LogP contribution in [-0.2, 0) is 17.3 Å². The van der Waals surface area contributed by atoms with Gasteiger partial charge >= 0.3 is 6.01 Å². The zero-order valence-electron chi connectivity index (χ0n) is 14.3. The molecule has 134 valence electrons. The molecule has 3 aromatic rings. The smallest absolute Gasteiger partial charge is 0.322 e. The molecule has 7 nitrogen and oxygen atoms in total. The fourth-order valence-corrected chi connectivity index (χ4v) is 3.70. The van der Waals surface area contributed by atoms with Crippen LogP contribution in [-0.4, -0.2) is 25.9 Å². The van der Waals surface area contributed by atoms with E-state index in [2.05, 4.69) is 20.6 Å². The average Bonchev–Trinajstić information content (AvgIpc) is 3.36. The molecule has 0 atom stereocenters. The Hall–Kier alpha value is -2.67. The van der Waals surface area contributed by atoms with Crippen LogP contribution in [0.15, 0.2) is 40.9 Å². The lowest BCUT2D eigenvalue weighted by Gasteiger charge is -2.27. The molecule has 4 rings (SSSR count). The van der Waals surface area contributed by atoms with Crippen molar-refractivity contribution in [2.45, 2.75) is 31.1 Å². The number of nitrogens with one attached hydrogen (secondary N) is 1. The first-order valence-electron chi connectivity index (χ1n) is 8.48. The molecule has 0 radical (unpaired) electrons. The number of aryl methyl sites for hydroxylation is 1. The third kappa shape index (κ3) is 2.88. The van der Waals surface area contributed by atoms with Gasteiger partial charge in [0.15, 0.2) is 0 Å². The number of anilines is 1. The number of amides is 1. The lowest BCUT2D eigenvalue weighted by atomic mass is 9.78. The lowest BCUT2D eigenvalue weighted by Crippen LogP contribution is -2.38. The van der Waals surface area contributed by atoms with Gasteiger partial charge in [0.25, 0.3) is 5.89 Å². The number of aromatic nitrogens is 4. The van der Waals surface area contributed by atoms with Gasteiger partial charge in [-0.1, -0.05) is 41.7 Å². The summed E-state index contributed by atoms with van der Waals surface area (Å²) < 4.78 is 7.23. The van der Waals surface area contributed by atoms with E-state index in [1.807, 2.05) is 24.3 Å². The van der Waals surface area contributed by atoms with Gasteiger partial charge in [0.2, 0.25) is 5.91 Å². The maximum atomic E-state index is 13.1. The van der Waals surface area contributed by atoms with Gasteiger partial charge in [-0.15, -0.1) is 5.10 Å². The number of rotatable bonds is 4. The number of carbonyl (C=O) groups is 1. The fourth-order valence-electron chi connectivity index (χ4n) is 3.57. The molecule has 2 heterocycles. The highest BCUT2D eigenvalue weighted by Gasteiger charge is 2.43. The van der Waals surface area contributed by atoms with Crippen LogP contribution in [0.3, 0.4) is 0 Å². The van der Waals surface area contributed by atoms with Gasteiger partial charge in [0.1, 0.15) is 5.69 Å². The van der Waals surface area contributed by atoms with Crippen molar-refractivity contribution in [3.63, 3.8) is 0 Å². The van der Waals surface area contributed by atoms with Crippen LogP contribution >= 0.6 is 11.6 Å². The Bertz CT molecular complexity index is 925. The van der Waals surface area contributed by atoms with Gasteiger partial charge < -0.3 is 4.42 Å². The second-order valence-electron chi connectivity index (χ2n) is 6.50. The molecule has 8 heteroatoms. The number of hydrogen-bond donors (Lipinski definition) is 1. The molecule has 1 aliphatic carbocycles. The van der Waals surface area contributed by atoms with Gasteiger partial charge in [0, 0.05) is 18.3 Å². The SMILES string of the molecule is Cn1nccc1-c1nnc(NC(=O)C2(c3ccc(Cl)cc3)CCCC2)o1. The molecule has 1 N–H and O–H groups in total. The lowest BCUT2D eigenvalue weighted by molar-refractivity contribution is -0.121. The summed E-state index contributed by atoms with van der Waals surface area (Å²) >= 11 is 6.00. The van der Waals surface area contributed by atoms with Gasteiger partial charge in [-0.2, -0.15) is 5.10 Å². The van der Waals surface area contributed by atoms with Crippen LogP contribution in [0.2, 0.25) is 5.02 Å². The normalized spacial score (nSPS) is 15.9. The zero-order chi connectivity index (χ0) is 18.1. The molecule has 1 amide bonds. The van der Waals surface area contributed by atoms with Crippen LogP contribution < -0.4 is 5.32 Å². The highest BCUT2D eigenvalue weighted by molar-refractivity contribution is 6.30. The number of halogens is 1. The van der Waals surface area contributed by atoms with E-state index in [9.17, 15) is 4.79 Å². The van der Waals surface area contributed by atoms with E-state index in [1.165, 1.54) is 0 Å². The Labute approximate surface area is 155 Å². The minimum absolute atomic E-state index is 0.0893. The first kappa shape index (κ1) is 16.8. The number of carbonyl (C=O) groups excluding carboxylic acids is 1. The van der Waals surface area contributed by atoms with Crippen molar-refractivity contribution in [2.24, 2.45) is 7.05 Å². The van der Waals surface area contributed by atoms with E-state index < -0.39 is 5.41 Å². The number of hydrogen-bond acceptors (Lipinski definition) is 5. The first-order valence-corrected chi connectivity index (χ1v) is 8.86. The van der Waals surface area contributed by atoms with E-state index in [-0.39, 0.29) is 11.9 Å². The molecular weight excluding hydrogens is 354 g/mol. The van der Waals surface area contributed by atoms with Crippen molar-refractivity contribution in [1.29, 1.82) is 0 Å². The first-order chi connectivity index (χ1) is 12.6. The van der Waals surface area contributed by atoms with Crippen molar-refractivity contribution in [3.05, 3.63) is 47.1 Å². The van der Waals surface area contributed by atoms with E-state index in [1.54, 1.807) is 24.0 Å². The molecule has 1 aliphatic rings. The summed E-state index contributed by atoms with van der Waals surface area (Å²) in [5, 5.41) is 15.5. The highest BCUT2D eigenvalue weighted by Crippen LogP contribution is 2.42. The maximum Gasteiger partial charge on any atom is 0.322 e.